The highest BCUT2D eigenvalue weighted by molar-refractivity contribution is 7.71. The van der Waals surface area contributed by atoms with Gasteiger partial charge in [-0.25, -0.2) is 4.68 Å². The van der Waals surface area contributed by atoms with Crippen molar-refractivity contribution in [3.05, 3.63) is 76.3 Å². The van der Waals surface area contributed by atoms with Crippen LogP contribution in [0.3, 0.4) is 0 Å². The molecule has 5 rings (SSSR count). The van der Waals surface area contributed by atoms with Gasteiger partial charge in [-0.3, -0.25) is 14.4 Å². The molecule has 0 spiro atoms. The second-order valence-corrected chi connectivity index (χ2v) is 8.43. The minimum Gasteiger partial charge on any atom is -0.296 e. The van der Waals surface area contributed by atoms with E-state index in [4.69, 9.17) is 17.3 Å². The fourth-order valence-electron chi connectivity index (χ4n) is 4.49. The molecule has 0 saturated carbocycles. The Morgan fingerprint density at radius 1 is 0.828 bits per heavy atom. The quantitative estimate of drug-likeness (QED) is 0.600. The van der Waals surface area contributed by atoms with Crippen molar-refractivity contribution in [1.29, 1.82) is 0 Å². The molecule has 150 valence electrons. The fourth-order valence-corrected chi connectivity index (χ4v) is 4.80. The van der Waals surface area contributed by atoms with E-state index >= 15 is 0 Å². The maximum absolute atomic E-state index is 5.90. The molecule has 29 heavy (non-hydrogen) atoms. The van der Waals surface area contributed by atoms with Gasteiger partial charge in [0.25, 0.3) is 0 Å². The molecule has 2 aliphatic rings. The first-order valence-electron chi connectivity index (χ1n) is 10.5. The third kappa shape index (κ3) is 3.92. The number of benzene rings is 2. The Hall–Kier alpha value is -2.28. The van der Waals surface area contributed by atoms with Crippen molar-refractivity contribution in [1.82, 2.24) is 24.1 Å². The summed E-state index contributed by atoms with van der Waals surface area (Å²) in [6, 6.07) is 19.2. The number of hydrogen-bond donors (Lipinski definition) is 0. The summed E-state index contributed by atoms with van der Waals surface area (Å²) in [7, 11) is 0. The molecule has 0 bridgehead atoms. The van der Waals surface area contributed by atoms with Gasteiger partial charge in [0.05, 0.1) is 13.2 Å². The molecule has 5 nitrogen and oxygen atoms in total. The minimum atomic E-state index is 0.736. The molecule has 3 aromatic rings. The Morgan fingerprint density at radius 3 is 2.34 bits per heavy atom. The lowest BCUT2D eigenvalue weighted by Gasteiger charge is -2.28. The number of rotatable bonds is 5. The predicted octanol–water partition coefficient (Wildman–Crippen LogP) is 4.01. The van der Waals surface area contributed by atoms with E-state index in [1.807, 2.05) is 10.7 Å². The van der Waals surface area contributed by atoms with Crippen LogP contribution in [0, 0.1) is 4.77 Å². The molecule has 3 heterocycles. The van der Waals surface area contributed by atoms with Crippen LogP contribution in [0.15, 0.2) is 54.6 Å². The van der Waals surface area contributed by atoms with Crippen molar-refractivity contribution >= 4 is 12.2 Å². The van der Waals surface area contributed by atoms with Crippen LogP contribution in [-0.4, -0.2) is 43.8 Å². The van der Waals surface area contributed by atoms with Gasteiger partial charge in [0.15, 0.2) is 5.82 Å². The molecule has 1 saturated heterocycles. The van der Waals surface area contributed by atoms with Gasteiger partial charge >= 0.3 is 0 Å². The van der Waals surface area contributed by atoms with Gasteiger partial charge < -0.3 is 0 Å². The van der Waals surface area contributed by atoms with Gasteiger partial charge in [-0.1, -0.05) is 42.5 Å². The Labute approximate surface area is 177 Å². The van der Waals surface area contributed by atoms with E-state index in [2.05, 4.69) is 62.9 Å². The predicted molar refractivity (Wildman–Crippen MR) is 117 cm³/mol. The normalized spacial score (nSPS) is 17.5. The second kappa shape index (κ2) is 8.22. The lowest BCUT2D eigenvalue weighted by Crippen LogP contribution is -2.32. The molecule has 6 heteroatoms. The number of nitrogens with zero attached hydrogens (tertiary/aromatic N) is 5. The first kappa shape index (κ1) is 18.7. The maximum Gasteiger partial charge on any atom is 0.203 e. The molecule has 0 amide bonds. The first-order chi connectivity index (χ1) is 14.3. The third-order valence-corrected chi connectivity index (χ3v) is 6.42. The van der Waals surface area contributed by atoms with Crippen molar-refractivity contribution in [3.8, 4) is 5.69 Å². The molecular formula is C23H27N5S. The zero-order chi connectivity index (χ0) is 19.6. The number of hydrogen-bond acceptors (Lipinski definition) is 4. The molecule has 0 atom stereocenters. The van der Waals surface area contributed by atoms with Gasteiger partial charge in [0, 0.05) is 18.8 Å². The van der Waals surface area contributed by atoms with E-state index < -0.39 is 0 Å². The fraction of sp³-hybridized carbons (Fsp3) is 0.391. The summed E-state index contributed by atoms with van der Waals surface area (Å²) in [5.41, 5.74) is 3.99. The number of fused-ring (bicyclic) bond motifs is 1. The monoisotopic (exact) mass is 405 g/mol. The molecule has 0 unspecified atom stereocenters. The lowest BCUT2D eigenvalue weighted by atomic mass is 10.0. The van der Waals surface area contributed by atoms with Crippen molar-refractivity contribution in [2.45, 2.75) is 39.0 Å². The maximum atomic E-state index is 5.90. The van der Waals surface area contributed by atoms with Crippen LogP contribution in [0.5, 0.6) is 0 Å². The average Bonchev–Trinajstić information content (AvgIpc) is 3.37. The minimum absolute atomic E-state index is 0.736. The summed E-state index contributed by atoms with van der Waals surface area (Å²) in [6.45, 7) is 5.89. The summed E-state index contributed by atoms with van der Waals surface area (Å²) in [5.74, 6) is 1.04. The molecule has 1 aromatic heterocycles. The van der Waals surface area contributed by atoms with Crippen LogP contribution in [0.1, 0.15) is 29.8 Å². The van der Waals surface area contributed by atoms with Crippen LogP contribution >= 0.6 is 12.2 Å². The molecule has 0 aliphatic carbocycles. The third-order valence-electron chi connectivity index (χ3n) is 6.03. The summed E-state index contributed by atoms with van der Waals surface area (Å²) in [4.78, 5) is 4.93. The first-order valence-corrected chi connectivity index (χ1v) is 10.9. The topological polar surface area (TPSA) is 29.2 Å². The van der Waals surface area contributed by atoms with E-state index in [9.17, 15) is 0 Å². The summed E-state index contributed by atoms with van der Waals surface area (Å²) >= 11 is 5.90. The van der Waals surface area contributed by atoms with Crippen molar-refractivity contribution in [3.63, 3.8) is 0 Å². The van der Waals surface area contributed by atoms with Crippen molar-refractivity contribution < 1.29 is 0 Å². The standard InChI is InChI=1S/C23H27N5S/c29-23-27(18-26-15-12-19-8-4-5-9-20(19)16-26)24-22(17-25-13-6-7-14-25)28(23)21-10-2-1-3-11-21/h1-5,8-11H,6-7,12-18H2. The Bertz CT molecular complexity index is 1030. The molecular weight excluding hydrogens is 378 g/mol. The molecule has 0 radical (unpaired) electrons. The zero-order valence-corrected chi connectivity index (χ0v) is 17.5. The molecule has 1 fully saturated rings. The van der Waals surface area contributed by atoms with Crippen molar-refractivity contribution in [2.24, 2.45) is 0 Å². The summed E-state index contributed by atoms with van der Waals surface area (Å²) < 4.78 is 4.96. The molecule has 2 aromatic carbocycles. The summed E-state index contributed by atoms with van der Waals surface area (Å²) in [5, 5.41) is 4.99. The highest BCUT2D eigenvalue weighted by Crippen LogP contribution is 2.21. The number of likely N-dealkylation sites (tertiary alicyclic amines) is 1. The van der Waals surface area contributed by atoms with Crippen LogP contribution in [-0.2, 0) is 26.2 Å². The average molecular weight is 406 g/mol. The smallest absolute Gasteiger partial charge is 0.203 e. The second-order valence-electron chi connectivity index (χ2n) is 8.07. The van der Waals surface area contributed by atoms with E-state index in [0.717, 1.165) is 62.1 Å². The van der Waals surface area contributed by atoms with Crippen molar-refractivity contribution in [2.75, 3.05) is 19.6 Å². The highest BCUT2D eigenvalue weighted by Gasteiger charge is 2.21. The van der Waals surface area contributed by atoms with E-state index in [1.165, 1.54) is 24.0 Å². The zero-order valence-electron chi connectivity index (χ0n) is 16.7. The Morgan fingerprint density at radius 2 is 1.55 bits per heavy atom. The van der Waals surface area contributed by atoms with Crippen LogP contribution in [0.25, 0.3) is 5.69 Å². The Kier molecular flexibility index (Phi) is 5.31. The molecule has 2 aliphatic heterocycles. The molecule has 0 N–H and O–H groups in total. The lowest BCUT2D eigenvalue weighted by molar-refractivity contribution is 0.187. The summed E-state index contributed by atoms with van der Waals surface area (Å²) in [6.07, 6.45) is 3.64. The van der Waals surface area contributed by atoms with E-state index in [-0.39, 0.29) is 0 Å². The number of aromatic nitrogens is 3. The van der Waals surface area contributed by atoms with Crippen LogP contribution < -0.4 is 0 Å². The van der Waals surface area contributed by atoms with E-state index in [0.29, 0.717) is 0 Å². The van der Waals surface area contributed by atoms with E-state index in [1.54, 1.807) is 0 Å². The number of para-hydroxylation sites is 1. The van der Waals surface area contributed by atoms with Gasteiger partial charge in [0.2, 0.25) is 4.77 Å². The highest BCUT2D eigenvalue weighted by atomic mass is 32.1. The Balaban J connectivity index is 1.44. The van der Waals surface area contributed by atoms with Gasteiger partial charge in [0.1, 0.15) is 0 Å². The van der Waals surface area contributed by atoms with Gasteiger partial charge in [-0.15, -0.1) is 0 Å². The van der Waals surface area contributed by atoms with Crippen LogP contribution in [0.2, 0.25) is 0 Å². The SMILES string of the molecule is S=c1n(CN2CCc3ccccc3C2)nc(CN2CCCC2)n1-c1ccccc1. The van der Waals surface area contributed by atoms with Gasteiger partial charge in [-0.05, 0) is 67.8 Å². The van der Waals surface area contributed by atoms with Gasteiger partial charge in [-0.2, -0.15) is 5.10 Å². The van der Waals surface area contributed by atoms with Crippen LogP contribution in [0.4, 0.5) is 0 Å². The largest absolute Gasteiger partial charge is 0.296 e.